The van der Waals surface area contributed by atoms with E-state index in [0.29, 0.717) is 30.7 Å². The van der Waals surface area contributed by atoms with E-state index in [2.05, 4.69) is 0 Å². The summed E-state index contributed by atoms with van der Waals surface area (Å²) in [5.74, 6) is -3.72. The lowest BCUT2D eigenvalue weighted by Crippen LogP contribution is -2.55. The zero-order valence-corrected chi connectivity index (χ0v) is 26.2. The lowest BCUT2D eigenvalue weighted by atomic mass is 9.71. The van der Waals surface area contributed by atoms with E-state index in [4.69, 9.17) is 0 Å². The number of carbonyl (C=O) groups is 4. The van der Waals surface area contributed by atoms with Crippen LogP contribution in [0.15, 0.2) is 59.8 Å². The van der Waals surface area contributed by atoms with Crippen molar-refractivity contribution < 1.29 is 45.5 Å². The average molecular weight is 647 g/mol. The summed E-state index contributed by atoms with van der Waals surface area (Å²) >= 11 is 0. The van der Waals surface area contributed by atoms with E-state index in [1.54, 1.807) is 12.2 Å². The van der Waals surface area contributed by atoms with E-state index in [-0.39, 0.29) is 28.2 Å². The van der Waals surface area contributed by atoms with Crippen LogP contribution in [-0.4, -0.2) is 51.3 Å². The molecule has 2 aromatic carbocycles. The van der Waals surface area contributed by atoms with Crippen LogP contribution in [0.5, 0.6) is 0 Å². The van der Waals surface area contributed by atoms with E-state index in [1.807, 2.05) is 27.7 Å². The van der Waals surface area contributed by atoms with Crippen molar-refractivity contribution in [2.45, 2.75) is 78.2 Å². The summed E-state index contributed by atoms with van der Waals surface area (Å²) in [6.45, 7) is 12.3. The molecule has 0 fully saturated rings. The highest BCUT2D eigenvalue weighted by Gasteiger charge is 2.73. The number of fused-ring (bicyclic) bond motifs is 2. The molecule has 1 atom stereocenters. The van der Waals surface area contributed by atoms with Gasteiger partial charge in [-0.15, -0.1) is 0 Å². The summed E-state index contributed by atoms with van der Waals surface area (Å²) in [7, 11) is 0. The monoisotopic (exact) mass is 646 g/mol. The fraction of sp³-hybridized carbons (Fsp3) is 0.412. The van der Waals surface area contributed by atoms with Crippen molar-refractivity contribution in [3.05, 3.63) is 93.2 Å². The number of halogens is 6. The number of alkyl halides is 6. The largest absolute Gasteiger partial charge is 0.411 e. The smallest absolute Gasteiger partial charge is 0.269 e. The average Bonchev–Trinajstić information content (AvgIpc) is 3.30. The van der Waals surface area contributed by atoms with Crippen LogP contribution in [0.3, 0.4) is 0 Å². The van der Waals surface area contributed by atoms with Gasteiger partial charge in [0.05, 0.1) is 22.3 Å². The fourth-order valence-corrected chi connectivity index (χ4v) is 6.67. The van der Waals surface area contributed by atoms with E-state index in [1.165, 1.54) is 20.8 Å². The lowest BCUT2D eigenvalue weighted by molar-refractivity contribution is -0.288. The molecule has 0 radical (unpaired) electrons. The molecule has 4 amide bonds. The number of hydrogen-bond donors (Lipinski definition) is 0. The first-order chi connectivity index (χ1) is 20.9. The van der Waals surface area contributed by atoms with Gasteiger partial charge in [0.2, 0.25) is 5.41 Å². The molecule has 6 nitrogen and oxygen atoms in total. The molecule has 2 aliphatic heterocycles. The Morgan fingerprint density at radius 1 is 0.652 bits per heavy atom. The molecule has 1 aliphatic carbocycles. The Balaban J connectivity index is 1.68. The summed E-state index contributed by atoms with van der Waals surface area (Å²) in [6.07, 6.45) is -8.31. The van der Waals surface area contributed by atoms with Gasteiger partial charge in [-0.05, 0) is 80.0 Å². The molecule has 244 valence electrons. The van der Waals surface area contributed by atoms with Gasteiger partial charge in [0.1, 0.15) is 0 Å². The summed E-state index contributed by atoms with van der Waals surface area (Å²) in [5, 5.41) is 0. The number of rotatable bonds is 3. The number of hydrogen-bond acceptors (Lipinski definition) is 4. The Morgan fingerprint density at radius 3 is 1.54 bits per heavy atom. The molecule has 0 bridgehead atoms. The number of carbonyl (C=O) groups excluding carboxylic acids is 4. The summed E-state index contributed by atoms with van der Waals surface area (Å²) < 4.78 is 90.3. The summed E-state index contributed by atoms with van der Waals surface area (Å²) in [4.78, 5) is 54.6. The molecular formula is C34H32F6N2O4. The standard InChI is InChI=1S/C34H32F6N2O4/c1-17-8-11-20(16-25(17)30(2,3)4)41-26(43)21-12-9-18(14-23(21)27(41)44)32(33(35,36)37,34(38,39)40)19-10-13-22-24(15-19)29(46)42(28(22)45)31(5,6)7/h9-17H,8H2,1-7H3. The molecule has 46 heavy (non-hydrogen) atoms. The molecular weight excluding hydrogens is 614 g/mol. The quantitative estimate of drug-likeness (QED) is 0.250. The van der Waals surface area contributed by atoms with E-state index >= 15 is 26.3 Å². The molecule has 2 aromatic rings. The van der Waals surface area contributed by atoms with Crippen LogP contribution in [0.1, 0.15) is 107 Å². The first-order valence-corrected chi connectivity index (χ1v) is 14.6. The number of imide groups is 2. The third-order valence-electron chi connectivity index (χ3n) is 8.80. The van der Waals surface area contributed by atoms with Crippen molar-refractivity contribution in [1.29, 1.82) is 0 Å². The molecule has 0 saturated carbocycles. The highest BCUT2D eigenvalue weighted by Crippen LogP contribution is 2.57. The lowest BCUT2D eigenvalue weighted by Gasteiger charge is -2.38. The minimum absolute atomic E-state index is 0.0784. The first kappa shape index (κ1) is 33.2. The number of nitrogens with zero attached hydrogens (tertiary/aromatic N) is 2. The normalized spacial score (nSPS) is 19.5. The fourth-order valence-electron chi connectivity index (χ4n) is 6.67. The van der Waals surface area contributed by atoms with Gasteiger partial charge in [-0.1, -0.05) is 51.5 Å². The Morgan fingerprint density at radius 2 is 1.09 bits per heavy atom. The molecule has 2 heterocycles. The van der Waals surface area contributed by atoms with Crippen LogP contribution in [0, 0.1) is 11.3 Å². The van der Waals surface area contributed by atoms with Gasteiger partial charge < -0.3 is 0 Å². The first-order valence-electron chi connectivity index (χ1n) is 14.6. The maximum absolute atomic E-state index is 15.1. The summed E-state index contributed by atoms with van der Waals surface area (Å²) in [5.41, 5.74) is -9.67. The SMILES string of the molecule is CC1CC=C(N2C(=O)c3ccc(C(c4ccc5c(c4)C(=O)N(C(C)(C)C)C5=O)(C(F)(F)F)C(F)(F)F)cc3C2=O)C=C1C(C)(C)C. The molecule has 0 saturated heterocycles. The third-order valence-corrected chi connectivity index (χ3v) is 8.80. The van der Waals surface area contributed by atoms with E-state index in [0.717, 1.165) is 27.5 Å². The van der Waals surface area contributed by atoms with Crippen molar-refractivity contribution in [3.63, 3.8) is 0 Å². The van der Waals surface area contributed by atoms with Gasteiger partial charge >= 0.3 is 12.4 Å². The third kappa shape index (κ3) is 4.70. The Bertz CT molecular complexity index is 1760. The second-order valence-electron chi connectivity index (χ2n) is 13.9. The molecule has 0 aromatic heterocycles. The van der Waals surface area contributed by atoms with Crippen molar-refractivity contribution in [2.24, 2.45) is 11.3 Å². The Kier molecular flexibility index (Phi) is 7.31. The van der Waals surface area contributed by atoms with Gasteiger partial charge in [-0.25, -0.2) is 4.90 Å². The molecule has 1 unspecified atom stereocenters. The molecule has 3 aliphatic rings. The van der Waals surface area contributed by atoms with Gasteiger partial charge in [0, 0.05) is 11.2 Å². The van der Waals surface area contributed by atoms with Crippen LogP contribution in [0.25, 0.3) is 0 Å². The highest BCUT2D eigenvalue weighted by atomic mass is 19.4. The van der Waals surface area contributed by atoms with Crippen molar-refractivity contribution in [1.82, 2.24) is 9.80 Å². The topological polar surface area (TPSA) is 74.8 Å². The van der Waals surface area contributed by atoms with Gasteiger partial charge in [0.25, 0.3) is 23.6 Å². The molecule has 5 rings (SSSR count). The minimum Gasteiger partial charge on any atom is -0.269 e. The van der Waals surface area contributed by atoms with Crippen LogP contribution < -0.4 is 0 Å². The molecule has 0 N–H and O–H groups in total. The predicted octanol–water partition coefficient (Wildman–Crippen LogP) is 7.98. The van der Waals surface area contributed by atoms with Crippen LogP contribution >= 0.6 is 0 Å². The van der Waals surface area contributed by atoms with Gasteiger partial charge in [-0.3, -0.25) is 24.1 Å². The van der Waals surface area contributed by atoms with Crippen LogP contribution in [0.2, 0.25) is 0 Å². The van der Waals surface area contributed by atoms with Crippen molar-refractivity contribution >= 4 is 23.6 Å². The maximum Gasteiger partial charge on any atom is 0.411 e. The van der Waals surface area contributed by atoms with Gasteiger partial charge in [-0.2, -0.15) is 26.3 Å². The number of benzene rings is 2. The zero-order chi connectivity index (χ0) is 34.5. The highest BCUT2D eigenvalue weighted by molar-refractivity contribution is 6.23. The van der Waals surface area contributed by atoms with Crippen molar-refractivity contribution in [3.8, 4) is 0 Å². The van der Waals surface area contributed by atoms with E-state index < -0.39 is 69.2 Å². The second kappa shape index (κ2) is 10.1. The van der Waals surface area contributed by atoms with E-state index in [9.17, 15) is 19.2 Å². The Hall–Kier alpha value is -4.22. The number of allylic oxidation sites excluding steroid dienone is 3. The Labute approximate surface area is 261 Å². The molecule has 0 spiro atoms. The predicted molar refractivity (Wildman–Crippen MR) is 156 cm³/mol. The molecule has 12 heteroatoms. The maximum atomic E-state index is 15.1. The van der Waals surface area contributed by atoms with Gasteiger partial charge in [0.15, 0.2) is 0 Å². The van der Waals surface area contributed by atoms with Crippen molar-refractivity contribution in [2.75, 3.05) is 0 Å². The number of amides is 4. The minimum atomic E-state index is -6.04. The summed E-state index contributed by atoms with van der Waals surface area (Å²) in [6, 6.07) is 3.53. The van der Waals surface area contributed by atoms with Crippen LogP contribution in [0.4, 0.5) is 26.3 Å². The second-order valence-corrected chi connectivity index (χ2v) is 13.9. The zero-order valence-electron chi connectivity index (χ0n) is 26.2. The van der Waals surface area contributed by atoms with Crippen LogP contribution in [-0.2, 0) is 5.41 Å².